The number of hydrogen-bond acceptors (Lipinski definition) is 3. The van der Waals surface area contributed by atoms with Crippen LogP contribution >= 0.6 is 15.9 Å². The number of furan rings is 1. The lowest BCUT2D eigenvalue weighted by Gasteiger charge is -2.12. The van der Waals surface area contributed by atoms with Gasteiger partial charge >= 0.3 is 5.97 Å². The van der Waals surface area contributed by atoms with Crippen LogP contribution in [-0.4, -0.2) is 23.0 Å². The Morgan fingerprint density at radius 3 is 2.82 bits per heavy atom. The van der Waals surface area contributed by atoms with Crippen molar-refractivity contribution in [3.05, 3.63) is 22.6 Å². The molecular formula is C11H14BrNO4. The van der Waals surface area contributed by atoms with E-state index in [2.05, 4.69) is 21.2 Å². The molecule has 1 atom stereocenters. The van der Waals surface area contributed by atoms with Crippen LogP contribution < -0.4 is 5.32 Å². The lowest BCUT2D eigenvalue weighted by Crippen LogP contribution is -2.32. The van der Waals surface area contributed by atoms with Gasteiger partial charge in [-0.15, -0.1) is 0 Å². The third kappa shape index (κ3) is 4.60. The van der Waals surface area contributed by atoms with Crippen LogP contribution in [0.25, 0.3) is 0 Å². The topological polar surface area (TPSA) is 79.5 Å². The molecular weight excluding hydrogens is 290 g/mol. The molecule has 94 valence electrons. The summed E-state index contributed by atoms with van der Waals surface area (Å²) in [5.41, 5.74) is 0.440. The largest absolute Gasteiger partial charge is 0.481 e. The molecule has 0 saturated carbocycles. The van der Waals surface area contributed by atoms with E-state index in [0.717, 1.165) is 0 Å². The maximum Gasteiger partial charge on any atom is 0.303 e. The van der Waals surface area contributed by atoms with Crippen LogP contribution in [-0.2, 0) is 4.79 Å². The minimum atomic E-state index is -0.818. The number of aliphatic carboxylic acids is 1. The van der Waals surface area contributed by atoms with Crippen molar-refractivity contribution in [2.24, 2.45) is 0 Å². The summed E-state index contributed by atoms with van der Waals surface area (Å²) < 4.78 is 5.35. The zero-order valence-electron chi connectivity index (χ0n) is 9.40. The number of carbonyl (C=O) groups excluding carboxylic acids is 1. The Balaban J connectivity index is 2.36. The number of rotatable bonds is 6. The number of carbonyl (C=O) groups is 2. The first-order chi connectivity index (χ1) is 8.00. The Morgan fingerprint density at radius 2 is 2.29 bits per heavy atom. The van der Waals surface area contributed by atoms with Crippen molar-refractivity contribution in [2.75, 3.05) is 0 Å². The molecule has 0 radical (unpaired) electrons. The summed E-state index contributed by atoms with van der Waals surface area (Å²) in [7, 11) is 0. The molecule has 1 aromatic heterocycles. The first-order valence-electron chi connectivity index (χ1n) is 5.26. The van der Waals surface area contributed by atoms with Gasteiger partial charge in [0.05, 0.1) is 11.8 Å². The van der Waals surface area contributed by atoms with Gasteiger partial charge in [0, 0.05) is 12.5 Å². The van der Waals surface area contributed by atoms with E-state index in [0.29, 0.717) is 23.1 Å². The number of amides is 1. The molecule has 17 heavy (non-hydrogen) atoms. The number of halogens is 1. The van der Waals surface area contributed by atoms with Crippen LogP contribution in [0.4, 0.5) is 0 Å². The maximum atomic E-state index is 11.7. The van der Waals surface area contributed by atoms with Crippen LogP contribution in [0, 0.1) is 0 Å². The molecule has 0 aliphatic rings. The van der Waals surface area contributed by atoms with E-state index in [-0.39, 0.29) is 18.4 Å². The quantitative estimate of drug-likeness (QED) is 0.846. The van der Waals surface area contributed by atoms with E-state index in [9.17, 15) is 9.59 Å². The van der Waals surface area contributed by atoms with E-state index in [4.69, 9.17) is 9.52 Å². The van der Waals surface area contributed by atoms with Gasteiger partial charge in [0.15, 0.2) is 4.67 Å². The first kappa shape index (κ1) is 13.8. The zero-order valence-corrected chi connectivity index (χ0v) is 11.0. The normalized spacial score (nSPS) is 12.1. The highest BCUT2D eigenvalue weighted by atomic mass is 79.9. The van der Waals surface area contributed by atoms with Gasteiger partial charge in [-0.05, 0) is 41.8 Å². The van der Waals surface area contributed by atoms with Crippen molar-refractivity contribution < 1.29 is 19.1 Å². The summed E-state index contributed by atoms with van der Waals surface area (Å²) in [6, 6.07) is 1.51. The Labute approximate surface area is 107 Å². The number of hydrogen-bond donors (Lipinski definition) is 2. The summed E-state index contributed by atoms with van der Waals surface area (Å²) in [4.78, 5) is 22.0. The van der Waals surface area contributed by atoms with Crippen LogP contribution in [0.2, 0.25) is 0 Å². The van der Waals surface area contributed by atoms with Crippen LogP contribution in [0.15, 0.2) is 21.4 Å². The third-order valence-electron chi connectivity index (χ3n) is 2.27. The maximum absolute atomic E-state index is 11.7. The van der Waals surface area contributed by atoms with E-state index in [1.54, 1.807) is 6.07 Å². The second-order valence-corrected chi connectivity index (χ2v) is 4.49. The molecule has 0 aliphatic heterocycles. The molecule has 1 heterocycles. The fraction of sp³-hybridized carbons (Fsp3) is 0.455. The van der Waals surface area contributed by atoms with E-state index >= 15 is 0 Å². The summed E-state index contributed by atoms with van der Waals surface area (Å²) in [6.45, 7) is 1.84. The van der Waals surface area contributed by atoms with Crippen LogP contribution in [0.3, 0.4) is 0 Å². The fourth-order valence-electron chi connectivity index (χ4n) is 1.39. The Bertz CT molecular complexity index is 402. The van der Waals surface area contributed by atoms with Crippen molar-refractivity contribution in [1.29, 1.82) is 0 Å². The van der Waals surface area contributed by atoms with E-state index in [1.807, 2.05) is 6.92 Å². The lowest BCUT2D eigenvalue weighted by molar-refractivity contribution is -0.137. The van der Waals surface area contributed by atoms with Gasteiger partial charge in [-0.1, -0.05) is 0 Å². The number of nitrogens with one attached hydrogen (secondary N) is 1. The Morgan fingerprint density at radius 1 is 1.59 bits per heavy atom. The highest BCUT2D eigenvalue weighted by molar-refractivity contribution is 9.10. The molecule has 1 amide bonds. The predicted molar refractivity (Wildman–Crippen MR) is 64.8 cm³/mol. The van der Waals surface area contributed by atoms with Crippen molar-refractivity contribution in [1.82, 2.24) is 5.32 Å². The standard InChI is InChI=1S/C11H14BrNO4/c1-7(3-2-4-9(14)15)13-11(16)8-5-6-17-10(8)12/h5-7H,2-4H2,1H3,(H,13,16)(H,14,15). The molecule has 2 N–H and O–H groups in total. The predicted octanol–water partition coefficient (Wildman–Crippen LogP) is 2.42. The van der Waals surface area contributed by atoms with Gasteiger partial charge in [0.2, 0.25) is 0 Å². The molecule has 1 rings (SSSR count). The Kier molecular flexibility index (Phi) is 5.21. The highest BCUT2D eigenvalue weighted by Gasteiger charge is 2.14. The summed E-state index contributed by atoms with van der Waals surface area (Å²) >= 11 is 3.12. The third-order valence-corrected chi connectivity index (χ3v) is 2.88. The Hall–Kier alpha value is -1.30. The van der Waals surface area contributed by atoms with Gasteiger partial charge in [-0.3, -0.25) is 9.59 Å². The zero-order chi connectivity index (χ0) is 12.8. The lowest BCUT2D eigenvalue weighted by atomic mass is 10.1. The molecule has 0 bridgehead atoms. The van der Waals surface area contributed by atoms with Crippen LogP contribution in [0.5, 0.6) is 0 Å². The minimum Gasteiger partial charge on any atom is -0.481 e. The molecule has 1 unspecified atom stereocenters. The van der Waals surface area contributed by atoms with Crippen LogP contribution in [0.1, 0.15) is 36.5 Å². The second-order valence-electron chi connectivity index (χ2n) is 3.77. The monoisotopic (exact) mass is 303 g/mol. The van der Waals surface area contributed by atoms with Gasteiger partial charge in [0.1, 0.15) is 0 Å². The smallest absolute Gasteiger partial charge is 0.303 e. The minimum absolute atomic E-state index is 0.0661. The van der Waals surface area contributed by atoms with Crippen molar-refractivity contribution in [3.8, 4) is 0 Å². The van der Waals surface area contributed by atoms with Gasteiger partial charge < -0.3 is 14.8 Å². The number of carboxylic acids is 1. The van der Waals surface area contributed by atoms with E-state index in [1.165, 1.54) is 6.26 Å². The van der Waals surface area contributed by atoms with Gasteiger partial charge in [0.25, 0.3) is 5.91 Å². The molecule has 0 fully saturated rings. The average Bonchev–Trinajstić information content (AvgIpc) is 2.63. The fourth-order valence-corrected chi connectivity index (χ4v) is 1.81. The van der Waals surface area contributed by atoms with Crippen molar-refractivity contribution >= 4 is 27.8 Å². The summed E-state index contributed by atoms with van der Waals surface area (Å²) in [6.07, 6.45) is 2.72. The van der Waals surface area contributed by atoms with Gasteiger partial charge in [-0.25, -0.2) is 0 Å². The van der Waals surface area contributed by atoms with Crippen molar-refractivity contribution in [3.63, 3.8) is 0 Å². The van der Waals surface area contributed by atoms with Gasteiger partial charge in [-0.2, -0.15) is 0 Å². The number of carboxylic acid groups (broad SMARTS) is 1. The SMILES string of the molecule is CC(CCCC(=O)O)NC(=O)c1ccoc1Br. The van der Waals surface area contributed by atoms with E-state index < -0.39 is 5.97 Å². The summed E-state index contributed by atoms with van der Waals surface area (Å²) in [5, 5.41) is 11.3. The average molecular weight is 304 g/mol. The molecule has 5 nitrogen and oxygen atoms in total. The molecule has 0 aromatic carbocycles. The molecule has 6 heteroatoms. The first-order valence-corrected chi connectivity index (χ1v) is 6.05. The second kappa shape index (κ2) is 6.44. The van der Waals surface area contributed by atoms with Crippen molar-refractivity contribution in [2.45, 2.75) is 32.2 Å². The molecule has 0 spiro atoms. The molecule has 1 aromatic rings. The highest BCUT2D eigenvalue weighted by Crippen LogP contribution is 2.17. The molecule has 0 saturated heterocycles. The summed E-state index contributed by atoms with van der Waals surface area (Å²) in [5.74, 6) is -1.05. The molecule has 0 aliphatic carbocycles.